The van der Waals surface area contributed by atoms with Crippen molar-refractivity contribution in [3.05, 3.63) is 95.5 Å². The van der Waals surface area contributed by atoms with Crippen molar-refractivity contribution in [1.29, 1.82) is 0 Å². The molecule has 20 nitrogen and oxygen atoms in total. The number of benzene rings is 2. The van der Waals surface area contributed by atoms with Crippen molar-refractivity contribution in [3.8, 4) is 39.1 Å². The highest BCUT2D eigenvalue weighted by Crippen LogP contribution is 2.40. The van der Waals surface area contributed by atoms with Crippen molar-refractivity contribution < 1.29 is 38.5 Å². The van der Waals surface area contributed by atoms with Crippen LogP contribution in [0.1, 0.15) is 94.7 Å². The van der Waals surface area contributed by atoms with Gasteiger partial charge in [-0.15, -0.1) is 26.6 Å². The number of aromatic hydroxyl groups is 1. The molecule has 4 aromatic heterocycles. The molecule has 4 aliphatic heterocycles. The maximum Gasteiger partial charge on any atom is 0.254 e. The van der Waals surface area contributed by atoms with Crippen molar-refractivity contribution in [2.45, 2.75) is 127 Å². The Hall–Kier alpha value is -6.94. The number of nitrogens with one attached hydrogen (secondary N) is 1. The van der Waals surface area contributed by atoms with E-state index in [-0.39, 0.29) is 72.9 Å². The summed E-state index contributed by atoms with van der Waals surface area (Å²) in [4.78, 5) is 42.0. The number of piperidine rings is 1. The number of amides is 2. The zero-order valence-corrected chi connectivity index (χ0v) is 44.8. The summed E-state index contributed by atoms with van der Waals surface area (Å²) in [6, 6.07) is 20.0. The van der Waals surface area contributed by atoms with Gasteiger partial charge in [-0.05, 0) is 79.9 Å². The Balaban J connectivity index is 0.601. The minimum Gasteiger partial charge on any atom is -0.507 e. The van der Waals surface area contributed by atoms with Gasteiger partial charge in [0.1, 0.15) is 36.2 Å². The first kappa shape index (κ1) is 52.1. The fourth-order valence-corrected chi connectivity index (χ4v) is 12.6. The van der Waals surface area contributed by atoms with E-state index in [2.05, 4.69) is 50.6 Å². The normalized spacial score (nSPS) is 23.5. The summed E-state index contributed by atoms with van der Waals surface area (Å²) in [6.07, 6.45) is 6.93. The van der Waals surface area contributed by atoms with Gasteiger partial charge in [-0.1, -0.05) is 50.2 Å². The second kappa shape index (κ2) is 22.6. The van der Waals surface area contributed by atoms with Gasteiger partial charge < -0.3 is 54.7 Å². The summed E-state index contributed by atoms with van der Waals surface area (Å²) in [5.41, 5.74) is 13.2. The lowest BCUT2D eigenvalue weighted by molar-refractivity contribution is -0.141. The smallest absolute Gasteiger partial charge is 0.254 e. The lowest BCUT2D eigenvalue weighted by Crippen LogP contribution is -2.54. The van der Waals surface area contributed by atoms with Gasteiger partial charge in [0.25, 0.3) is 5.88 Å². The fraction of sp³-hybridized carbons (Fsp3) is 0.500. The number of nitrogens with zero attached hydrogens (tertiary/aromatic N) is 10. The number of phenols is 1. The summed E-state index contributed by atoms with van der Waals surface area (Å²) < 4.78 is 24.8. The zero-order chi connectivity index (χ0) is 53.3. The molecular formula is C56H68N12O8S. The molecule has 0 radical (unpaired) electrons. The number of piperazine rings is 1. The SMILES string of the molecule is Cc1ncsc1-c1ccc([C@H](C)NC(=O)[C@@H]2C[C@@H](O)CN2C(=O)[C@H](c2cc(OCCN3CCC(OC4CC(Oc5cnnc(N6C7CC[C@@H]6CN(c6cc(-c8ccccc8O)nnc6N)C7)c5)C4)CC3)no2)C(C)C)cc1. The number of nitrogens with two attached hydrogens (primary N) is 1. The van der Waals surface area contributed by atoms with E-state index in [1.54, 1.807) is 35.7 Å². The molecular weight excluding hydrogens is 1000 g/mol. The number of ether oxygens (including phenoxy) is 3. The topological polar surface area (TPSA) is 244 Å². The van der Waals surface area contributed by atoms with Crippen LogP contribution in [-0.2, 0) is 14.3 Å². The summed E-state index contributed by atoms with van der Waals surface area (Å²) in [6.45, 7) is 12.2. The highest BCUT2D eigenvalue weighted by molar-refractivity contribution is 7.13. The number of aliphatic hydroxyl groups is 1. The van der Waals surface area contributed by atoms with Gasteiger partial charge in [0.2, 0.25) is 11.8 Å². The van der Waals surface area contributed by atoms with E-state index in [0.29, 0.717) is 47.6 Å². The maximum atomic E-state index is 14.2. The Morgan fingerprint density at radius 1 is 0.909 bits per heavy atom. The van der Waals surface area contributed by atoms with Crippen molar-refractivity contribution >= 4 is 40.5 Å². The number of likely N-dealkylation sites (tertiary alicyclic amines) is 2. The molecule has 77 heavy (non-hydrogen) atoms. The van der Waals surface area contributed by atoms with Crippen LogP contribution in [0.3, 0.4) is 0 Å². The van der Waals surface area contributed by atoms with Gasteiger partial charge in [-0.3, -0.25) is 14.5 Å². The van der Waals surface area contributed by atoms with Crippen molar-refractivity contribution in [1.82, 2.24) is 45.7 Å². The van der Waals surface area contributed by atoms with Gasteiger partial charge in [0.05, 0.1) is 58.0 Å². The molecule has 0 spiro atoms. The molecule has 5 fully saturated rings. The summed E-state index contributed by atoms with van der Waals surface area (Å²) in [7, 11) is 0. The van der Waals surface area contributed by atoms with Crippen LogP contribution in [0.15, 0.2) is 83.0 Å². The molecule has 6 aromatic rings. The van der Waals surface area contributed by atoms with Crippen LogP contribution in [0.25, 0.3) is 21.7 Å². The highest BCUT2D eigenvalue weighted by atomic mass is 32.1. The third-order valence-corrected chi connectivity index (χ3v) is 17.0. The second-order valence-corrected chi connectivity index (χ2v) is 22.5. The first-order valence-corrected chi connectivity index (χ1v) is 27.9. The quantitative estimate of drug-likeness (QED) is 0.0713. The van der Waals surface area contributed by atoms with Crippen LogP contribution < -0.4 is 30.3 Å². The number of aliphatic hydroxyl groups excluding tert-OH is 1. The molecule has 2 aromatic carbocycles. The Kier molecular flexibility index (Phi) is 15.3. The molecule has 21 heteroatoms. The third kappa shape index (κ3) is 11.4. The molecule has 4 saturated heterocycles. The molecule has 11 rings (SSSR count). The van der Waals surface area contributed by atoms with E-state index < -0.39 is 18.1 Å². The van der Waals surface area contributed by atoms with Crippen LogP contribution in [-0.4, -0.2) is 151 Å². The van der Waals surface area contributed by atoms with Crippen LogP contribution in [0.2, 0.25) is 0 Å². The number of aromatic nitrogens is 6. The Labute approximate surface area is 451 Å². The number of hydrogen-bond acceptors (Lipinski definition) is 19. The Morgan fingerprint density at radius 2 is 1.68 bits per heavy atom. The lowest BCUT2D eigenvalue weighted by atomic mass is 9.91. The van der Waals surface area contributed by atoms with Gasteiger partial charge in [0.15, 0.2) is 17.4 Å². The van der Waals surface area contributed by atoms with E-state index in [1.807, 2.05) is 81.7 Å². The first-order valence-electron chi connectivity index (χ1n) is 27.0. The summed E-state index contributed by atoms with van der Waals surface area (Å²) in [5.74, 6) is 1.19. The minimum atomic E-state index is -0.831. The first-order chi connectivity index (χ1) is 37.3. The van der Waals surface area contributed by atoms with Crippen LogP contribution in [0, 0.1) is 12.8 Å². The lowest BCUT2D eigenvalue weighted by Gasteiger charge is -2.43. The summed E-state index contributed by atoms with van der Waals surface area (Å²) >= 11 is 1.59. The van der Waals surface area contributed by atoms with E-state index in [1.165, 1.54) is 4.90 Å². The van der Waals surface area contributed by atoms with Gasteiger partial charge in [-0.25, -0.2) is 4.98 Å². The number of anilines is 3. The average Bonchev–Trinajstić information content (AvgIpc) is 4.23. The van der Waals surface area contributed by atoms with Gasteiger partial charge in [0, 0.05) is 88.3 Å². The standard InChI is InChI=1S/C56H68N12O8S/c1-32(2)52(56(72)67-30-39(69)21-47(67)55(71)60-33(3)35-9-11-36(12-10-35)53-34(4)58-31-77-53)49-26-51(64-76-49)73-20-19-65-17-15-40(16-18-65)74-41-22-42(23-41)75-43-24-50(62-59-27-43)68-37-13-14-38(68)29-66(28-37)46-25-45(61-63-54(46)57)44-7-5-6-8-48(44)70/h5-12,24-27,31-33,37-42,47,52,69-70H,13-23,28-30H2,1-4H3,(H2,57,63)(H,60,71)/t33-,37+,38?,39+,41?,42?,47-,52-/m0/s1. The molecule has 1 unspecified atom stereocenters. The highest BCUT2D eigenvalue weighted by Gasteiger charge is 2.45. The van der Waals surface area contributed by atoms with E-state index in [0.717, 1.165) is 97.9 Å². The average molecular weight is 1070 g/mol. The number of β-amino-alcohol motifs (C(OH)–C–C–N with tert-alkyl or cyclic N) is 1. The van der Waals surface area contributed by atoms with E-state index in [9.17, 15) is 19.8 Å². The monoisotopic (exact) mass is 1070 g/mol. The Morgan fingerprint density at radius 3 is 2.40 bits per heavy atom. The van der Waals surface area contributed by atoms with Gasteiger partial charge in [-0.2, -0.15) is 5.10 Å². The molecule has 2 amide bonds. The number of nitrogen functional groups attached to an aromatic ring is 1. The number of para-hydroxylation sites is 1. The molecule has 1 aliphatic carbocycles. The zero-order valence-electron chi connectivity index (χ0n) is 44.0. The molecule has 2 bridgehead atoms. The summed E-state index contributed by atoms with van der Waals surface area (Å²) in [5, 5.41) is 45.9. The number of carbonyl (C=O) groups is 2. The molecule has 1 saturated carbocycles. The van der Waals surface area contributed by atoms with Crippen molar-refractivity contribution in [2.24, 2.45) is 5.92 Å². The van der Waals surface area contributed by atoms with E-state index >= 15 is 0 Å². The number of fused-ring (bicyclic) bond motifs is 2. The molecule has 5 N–H and O–H groups in total. The molecule has 6 atom stereocenters. The third-order valence-electron chi connectivity index (χ3n) is 16.0. The number of rotatable bonds is 18. The second-order valence-electron chi connectivity index (χ2n) is 21.6. The molecule has 8 heterocycles. The predicted molar refractivity (Wildman–Crippen MR) is 290 cm³/mol. The van der Waals surface area contributed by atoms with E-state index in [4.69, 9.17) is 24.5 Å². The van der Waals surface area contributed by atoms with Crippen LogP contribution in [0.4, 0.5) is 17.3 Å². The number of aryl methyl sites for hydroxylation is 1. The fourth-order valence-electron chi connectivity index (χ4n) is 11.8. The minimum absolute atomic E-state index is 0.0505. The number of phenolic OH excluding ortho intramolecular Hbond substituents is 1. The maximum absolute atomic E-state index is 14.2. The van der Waals surface area contributed by atoms with Crippen molar-refractivity contribution in [2.75, 3.05) is 61.4 Å². The van der Waals surface area contributed by atoms with Crippen LogP contribution >= 0.6 is 11.3 Å². The number of thiazole rings is 1. The largest absolute Gasteiger partial charge is 0.507 e. The van der Waals surface area contributed by atoms with Crippen molar-refractivity contribution in [3.63, 3.8) is 0 Å². The Bertz CT molecular complexity index is 3000. The molecule has 406 valence electrons. The molecule has 5 aliphatic rings. The number of hydrogen-bond donors (Lipinski definition) is 4. The predicted octanol–water partition coefficient (Wildman–Crippen LogP) is 6.55. The van der Waals surface area contributed by atoms with Crippen LogP contribution in [0.5, 0.6) is 17.4 Å². The van der Waals surface area contributed by atoms with Gasteiger partial charge >= 0.3 is 0 Å². The number of carbonyl (C=O) groups excluding carboxylic acids is 2.